The zero-order valence-corrected chi connectivity index (χ0v) is 13.3. The quantitative estimate of drug-likeness (QED) is 0.878. The van der Waals surface area contributed by atoms with Crippen molar-refractivity contribution in [2.24, 2.45) is 11.1 Å². The lowest BCUT2D eigenvalue weighted by molar-refractivity contribution is -0.132. The summed E-state index contributed by atoms with van der Waals surface area (Å²) in [4.78, 5) is 12.3. The summed E-state index contributed by atoms with van der Waals surface area (Å²) in [6.45, 7) is 8.75. The van der Waals surface area contributed by atoms with Crippen LogP contribution in [0.15, 0.2) is 18.2 Å². The minimum absolute atomic E-state index is 0.0184. The van der Waals surface area contributed by atoms with Crippen LogP contribution in [0, 0.1) is 17.0 Å². The van der Waals surface area contributed by atoms with Crippen LogP contribution in [0.2, 0.25) is 0 Å². The molecule has 0 heterocycles. The Hall–Kier alpha value is -1.49. The molecular formula is C16H24F2N2O. The number of carbonyl (C=O) groups is 1. The lowest BCUT2D eigenvalue weighted by atomic mass is 9.74. The summed E-state index contributed by atoms with van der Waals surface area (Å²) in [5.74, 6) is -1.44. The van der Waals surface area contributed by atoms with Crippen molar-refractivity contribution in [3.05, 3.63) is 35.4 Å². The summed E-state index contributed by atoms with van der Waals surface area (Å²) in [5.41, 5.74) is 4.49. The second kappa shape index (κ2) is 6.10. The van der Waals surface area contributed by atoms with Gasteiger partial charge in [0, 0.05) is 17.1 Å². The van der Waals surface area contributed by atoms with E-state index in [9.17, 15) is 13.6 Å². The van der Waals surface area contributed by atoms with Crippen LogP contribution in [0.4, 0.5) is 8.78 Å². The first-order valence-corrected chi connectivity index (χ1v) is 6.99. The predicted octanol–water partition coefficient (Wildman–Crippen LogP) is 2.78. The first-order valence-electron chi connectivity index (χ1n) is 6.99. The topological polar surface area (TPSA) is 55.1 Å². The minimum atomic E-state index is -0.797. The van der Waals surface area contributed by atoms with E-state index in [1.807, 2.05) is 0 Å². The molecule has 1 rings (SSSR count). The highest BCUT2D eigenvalue weighted by Gasteiger charge is 2.40. The van der Waals surface area contributed by atoms with Gasteiger partial charge in [0.1, 0.15) is 11.6 Å². The Balaban J connectivity index is 2.79. The van der Waals surface area contributed by atoms with Gasteiger partial charge in [-0.2, -0.15) is 0 Å². The number of amides is 1. The molecule has 0 fully saturated rings. The second-order valence-electron chi connectivity index (χ2n) is 6.63. The van der Waals surface area contributed by atoms with Crippen LogP contribution in [-0.2, 0) is 11.2 Å². The van der Waals surface area contributed by atoms with Crippen molar-refractivity contribution < 1.29 is 13.6 Å². The molecule has 0 saturated heterocycles. The van der Waals surface area contributed by atoms with Crippen LogP contribution in [0.25, 0.3) is 0 Å². The van der Waals surface area contributed by atoms with Crippen LogP contribution in [0.3, 0.4) is 0 Å². The van der Waals surface area contributed by atoms with Crippen LogP contribution < -0.4 is 11.1 Å². The molecule has 0 aliphatic rings. The molecule has 0 bridgehead atoms. The van der Waals surface area contributed by atoms with Gasteiger partial charge in [0.2, 0.25) is 5.91 Å². The molecule has 1 aromatic carbocycles. The van der Waals surface area contributed by atoms with Gasteiger partial charge < -0.3 is 11.1 Å². The fraction of sp³-hybridized carbons (Fsp3) is 0.562. The average Bonchev–Trinajstić information content (AvgIpc) is 2.32. The van der Waals surface area contributed by atoms with Crippen molar-refractivity contribution in [2.45, 2.75) is 52.6 Å². The van der Waals surface area contributed by atoms with E-state index in [-0.39, 0.29) is 17.9 Å². The van der Waals surface area contributed by atoms with Gasteiger partial charge in [-0.3, -0.25) is 4.79 Å². The summed E-state index contributed by atoms with van der Waals surface area (Å²) < 4.78 is 27.2. The Bertz CT molecular complexity index is 501. The van der Waals surface area contributed by atoms with Crippen LogP contribution >= 0.6 is 0 Å². The molecule has 21 heavy (non-hydrogen) atoms. The van der Waals surface area contributed by atoms with Crippen molar-refractivity contribution in [3.63, 3.8) is 0 Å². The van der Waals surface area contributed by atoms with Crippen molar-refractivity contribution in [3.8, 4) is 0 Å². The van der Waals surface area contributed by atoms with Gasteiger partial charge in [-0.25, -0.2) is 8.78 Å². The van der Waals surface area contributed by atoms with Crippen molar-refractivity contribution in [2.75, 3.05) is 0 Å². The molecule has 0 aromatic heterocycles. The van der Waals surface area contributed by atoms with Crippen molar-refractivity contribution >= 4 is 5.91 Å². The van der Waals surface area contributed by atoms with Gasteiger partial charge in [-0.1, -0.05) is 6.07 Å². The zero-order valence-electron chi connectivity index (χ0n) is 13.3. The lowest BCUT2D eigenvalue weighted by Crippen LogP contribution is -2.57. The van der Waals surface area contributed by atoms with Gasteiger partial charge in [0.15, 0.2) is 0 Å². The smallest absolute Gasteiger partial charge is 0.227 e. The molecule has 3 N–H and O–H groups in total. The maximum absolute atomic E-state index is 13.6. The van der Waals surface area contributed by atoms with Crippen LogP contribution in [0.1, 0.15) is 40.2 Å². The van der Waals surface area contributed by atoms with E-state index in [4.69, 9.17) is 5.73 Å². The average molecular weight is 298 g/mol. The van der Waals surface area contributed by atoms with Crippen LogP contribution in [-0.4, -0.2) is 17.5 Å². The lowest BCUT2D eigenvalue weighted by Gasteiger charge is -2.37. The highest BCUT2D eigenvalue weighted by Crippen LogP contribution is 2.28. The number of rotatable bonds is 5. The summed E-state index contributed by atoms with van der Waals surface area (Å²) in [6.07, 6.45) is 0.0886. The Kier molecular flexibility index (Phi) is 5.10. The summed E-state index contributed by atoms with van der Waals surface area (Å²) in [5, 5.41) is 2.78. The first-order chi connectivity index (χ1) is 9.46. The molecule has 0 radical (unpaired) electrons. The third kappa shape index (κ3) is 4.00. The highest BCUT2D eigenvalue weighted by molar-refractivity contribution is 5.83. The van der Waals surface area contributed by atoms with E-state index in [1.165, 1.54) is 18.2 Å². The molecule has 1 unspecified atom stereocenters. The van der Waals surface area contributed by atoms with Crippen molar-refractivity contribution in [1.82, 2.24) is 5.32 Å². The third-order valence-corrected chi connectivity index (χ3v) is 4.13. The van der Waals surface area contributed by atoms with E-state index < -0.39 is 28.6 Å². The van der Waals surface area contributed by atoms with Gasteiger partial charge in [-0.15, -0.1) is 0 Å². The predicted molar refractivity (Wildman–Crippen MR) is 79.7 cm³/mol. The molecule has 5 heteroatoms. The Morgan fingerprint density at radius 3 is 2.14 bits per heavy atom. The molecule has 1 atom stereocenters. The molecule has 0 saturated carbocycles. The number of hydrogen-bond acceptors (Lipinski definition) is 2. The zero-order chi connectivity index (χ0) is 16.4. The summed E-state index contributed by atoms with van der Waals surface area (Å²) in [6, 6.07) is 3.34. The van der Waals surface area contributed by atoms with Gasteiger partial charge in [0.25, 0.3) is 0 Å². The monoisotopic (exact) mass is 298 g/mol. The third-order valence-electron chi connectivity index (χ3n) is 4.13. The maximum atomic E-state index is 13.6. The maximum Gasteiger partial charge on any atom is 0.227 e. The molecule has 1 aromatic rings. The SMILES string of the molecule is CC(Cc1c(F)cccc1F)NC(=O)C(C)(C)C(C)(C)N. The van der Waals surface area contributed by atoms with E-state index in [0.29, 0.717) is 0 Å². The summed E-state index contributed by atoms with van der Waals surface area (Å²) in [7, 11) is 0. The minimum Gasteiger partial charge on any atom is -0.353 e. The number of benzene rings is 1. The van der Waals surface area contributed by atoms with E-state index in [0.717, 1.165) is 0 Å². The fourth-order valence-electron chi connectivity index (χ4n) is 1.78. The Morgan fingerprint density at radius 2 is 1.71 bits per heavy atom. The second-order valence-corrected chi connectivity index (χ2v) is 6.63. The Labute approximate surface area is 124 Å². The number of nitrogens with two attached hydrogens (primary N) is 1. The van der Waals surface area contributed by atoms with Gasteiger partial charge >= 0.3 is 0 Å². The molecule has 118 valence electrons. The number of hydrogen-bond donors (Lipinski definition) is 2. The van der Waals surface area contributed by atoms with E-state index in [2.05, 4.69) is 5.32 Å². The molecule has 0 aliphatic heterocycles. The first kappa shape index (κ1) is 17.6. The number of nitrogens with one attached hydrogen (secondary N) is 1. The van der Waals surface area contributed by atoms with Gasteiger partial charge in [0.05, 0.1) is 5.41 Å². The Morgan fingerprint density at radius 1 is 1.24 bits per heavy atom. The van der Waals surface area contributed by atoms with E-state index in [1.54, 1.807) is 34.6 Å². The normalized spacial score (nSPS) is 13.9. The molecule has 0 aliphatic carbocycles. The van der Waals surface area contributed by atoms with Gasteiger partial charge in [-0.05, 0) is 53.2 Å². The van der Waals surface area contributed by atoms with Crippen molar-refractivity contribution in [1.29, 1.82) is 0 Å². The standard InChI is InChI=1S/C16H24F2N2O/c1-10(9-11-12(17)7-6-8-13(11)18)20-14(21)15(2,3)16(4,5)19/h6-8,10H,9,19H2,1-5H3,(H,20,21). The number of carbonyl (C=O) groups excluding carboxylic acids is 1. The van der Waals surface area contributed by atoms with E-state index >= 15 is 0 Å². The molecular weight excluding hydrogens is 274 g/mol. The highest BCUT2D eigenvalue weighted by atomic mass is 19.1. The summed E-state index contributed by atoms with van der Waals surface area (Å²) >= 11 is 0. The molecule has 1 amide bonds. The fourth-order valence-corrected chi connectivity index (χ4v) is 1.78. The largest absolute Gasteiger partial charge is 0.353 e. The molecule has 0 spiro atoms. The molecule has 3 nitrogen and oxygen atoms in total. The number of halogens is 2. The van der Waals surface area contributed by atoms with Crippen LogP contribution in [0.5, 0.6) is 0 Å².